The predicted molar refractivity (Wildman–Crippen MR) is 75.8 cm³/mol. The molecule has 0 spiro atoms. The number of halogens is 1. The van der Waals surface area contributed by atoms with Crippen LogP contribution in [0.1, 0.15) is 37.8 Å². The Labute approximate surface area is 123 Å². The summed E-state index contributed by atoms with van der Waals surface area (Å²) in [5, 5.41) is 2.88. The van der Waals surface area contributed by atoms with E-state index < -0.39 is 0 Å². The van der Waals surface area contributed by atoms with E-state index in [2.05, 4.69) is 5.32 Å². The van der Waals surface area contributed by atoms with Crippen LogP contribution in [-0.4, -0.2) is 29.3 Å². The first kappa shape index (κ1) is 14.0. The molecular weight excluding hydrogens is 271 g/mol. The molecule has 21 heavy (non-hydrogen) atoms. The lowest BCUT2D eigenvalue weighted by Crippen LogP contribution is -2.35. The van der Waals surface area contributed by atoms with Gasteiger partial charge in [0.05, 0.1) is 12.0 Å². The minimum atomic E-state index is -0.315. The standard InChI is InChI=1S/C16H19FN2O2/c1-10(11-3-2-4-13(17)7-11)18-16(21)12-8-15(20)19(9-12)14-5-6-14/h2-4,7,10,12,14H,5-6,8-9H2,1H3,(H,18,21)/t10-,12+/m0/s1. The normalized spacial score (nSPS) is 23.2. The van der Waals surface area contributed by atoms with E-state index in [1.54, 1.807) is 12.1 Å². The Morgan fingerprint density at radius 2 is 2.19 bits per heavy atom. The van der Waals surface area contributed by atoms with Crippen molar-refractivity contribution in [2.45, 2.75) is 38.3 Å². The molecule has 1 saturated heterocycles. The first-order valence-electron chi connectivity index (χ1n) is 7.40. The molecule has 2 atom stereocenters. The monoisotopic (exact) mass is 290 g/mol. The smallest absolute Gasteiger partial charge is 0.225 e. The zero-order valence-electron chi connectivity index (χ0n) is 12.0. The summed E-state index contributed by atoms with van der Waals surface area (Å²) in [6.07, 6.45) is 2.40. The van der Waals surface area contributed by atoms with Crippen LogP contribution in [0.2, 0.25) is 0 Å². The molecule has 2 fully saturated rings. The molecule has 5 heteroatoms. The van der Waals surface area contributed by atoms with Gasteiger partial charge < -0.3 is 10.2 Å². The second-order valence-corrected chi connectivity index (χ2v) is 5.96. The third kappa shape index (κ3) is 3.06. The summed E-state index contributed by atoms with van der Waals surface area (Å²) in [5.74, 6) is -0.641. The Morgan fingerprint density at radius 3 is 2.86 bits per heavy atom. The highest BCUT2D eigenvalue weighted by molar-refractivity contribution is 5.89. The number of nitrogens with zero attached hydrogens (tertiary/aromatic N) is 1. The lowest BCUT2D eigenvalue weighted by Gasteiger charge is -2.18. The van der Waals surface area contributed by atoms with Crippen LogP contribution in [0.5, 0.6) is 0 Å². The van der Waals surface area contributed by atoms with E-state index in [0.29, 0.717) is 12.6 Å². The summed E-state index contributed by atoms with van der Waals surface area (Å²) in [5.41, 5.74) is 0.728. The Hall–Kier alpha value is -1.91. The van der Waals surface area contributed by atoms with Crippen molar-refractivity contribution in [1.29, 1.82) is 0 Å². The summed E-state index contributed by atoms with van der Waals surface area (Å²) in [4.78, 5) is 26.0. The van der Waals surface area contributed by atoms with Crippen LogP contribution in [-0.2, 0) is 9.59 Å². The van der Waals surface area contributed by atoms with Gasteiger partial charge in [0, 0.05) is 19.0 Å². The lowest BCUT2D eigenvalue weighted by molar-refractivity contribution is -0.129. The predicted octanol–water partition coefficient (Wildman–Crippen LogP) is 2.01. The van der Waals surface area contributed by atoms with Crippen LogP contribution in [0, 0.1) is 11.7 Å². The SMILES string of the molecule is C[C@H](NC(=O)[C@@H]1CC(=O)N(C2CC2)C1)c1cccc(F)c1. The van der Waals surface area contributed by atoms with Gasteiger partial charge in [0.2, 0.25) is 11.8 Å². The van der Waals surface area contributed by atoms with Crippen LogP contribution >= 0.6 is 0 Å². The van der Waals surface area contributed by atoms with E-state index in [1.807, 2.05) is 11.8 Å². The molecule has 1 saturated carbocycles. The van der Waals surface area contributed by atoms with Crippen LogP contribution in [0.4, 0.5) is 4.39 Å². The van der Waals surface area contributed by atoms with Crippen LogP contribution in [0.3, 0.4) is 0 Å². The summed E-state index contributed by atoms with van der Waals surface area (Å²) in [7, 11) is 0. The maximum absolute atomic E-state index is 13.2. The van der Waals surface area contributed by atoms with Crippen LogP contribution in [0.15, 0.2) is 24.3 Å². The molecule has 3 rings (SSSR count). The van der Waals surface area contributed by atoms with E-state index in [9.17, 15) is 14.0 Å². The Morgan fingerprint density at radius 1 is 1.43 bits per heavy atom. The van der Waals surface area contributed by atoms with E-state index in [0.717, 1.165) is 18.4 Å². The van der Waals surface area contributed by atoms with Crippen LogP contribution < -0.4 is 5.32 Å². The van der Waals surface area contributed by atoms with Gasteiger partial charge in [-0.05, 0) is 37.5 Å². The summed E-state index contributed by atoms with van der Waals surface area (Å²) in [6.45, 7) is 2.34. The van der Waals surface area contributed by atoms with Gasteiger partial charge in [0.1, 0.15) is 5.82 Å². The molecule has 1 aromatic rings. The number of hydrogen-bond acceptors (Lipinski definition) is 2. The van der Waals surface area contributed by atoms with Crippen molar-refractivity contribution in [3.05, 3.63) is 35.6 Å². The van der Waals surface area contributed by atoms with E-state index in [4.69, 9.17) is 0 Å². The number of amides is 2. The topological polar surface area (TPSA) is 49.4 Å². The van der Waals surface area contributed by atoms with Gasteiger partial charge in [-0.1, -0.05) is 12.1 Å². The van der Waals surface area contributed by atoms with Gasteiger partial charge in [0.15, 0.2) is 0 Å². The van der Waals surface area contributed by atoms with Crippen molar-refractivity contribution >= 4 is 11.8 Å². The second-order valence-electron chi connectivity index (χ2n) is 5.96. The zero-order chi connectivity index (χ0) is 15.0. The Balaban J connectivity index is 1.60. The number of rotatable bonds is 4. The van der Waals surface area contributed by atoms with Crippen molar-refractivity contribution in [1.82, 2.24) is 10.2 Å². The largest absolute Gasteiger partial charge is 0.349 e. The van der Waals surface area contributed by atoms with Gasteiger partial charge in [-0.3, -0.25) is 9.59 Å². The molecular formula is C16H19FN2O2. The van der Waals surface area contributed by atoms with E-state index in [1.165, 1.54) is 12.1 Å². The minimum Gasteiger partial charge on any atom is -0.349 e. The molecule has 0 aromatic heterocycles. The number of likely N-dealkylation sites (tertiary alicyclic amines) is 1. The molecule has 1 N–H and O–H groups in total. The van der Waals surface area contributed by atoms with E-state index >= 15 is 0 Å². The first-order chi connectivity index (χ1) is 10.0. The molecule has 1 aliphatic carbocycles. The fourth-order valence-electron chi connectivity index (χ4n) is 2.84. The van der Waals surface area contributed by atoms with Crippen molar-refractivity contribution < 1.29 is 14.0 Å². The molecule has 1 aliphatic heterocycles. The highest BCUT2D eigenvalue weighted by Gasteiger charge is 2.41. The molecule has 0 bridgehead atoms. The highest BCUT2D eigenvalue weighted by Crippen LogP contribution is 2.32. The van der Waals surface area contributed by atoms with Crippen molar-refractivity contribution in [3.8, 4) is 0 Å². The molecule has 1 heterocycles. The number of benzene rings is 1. The van der Waals surface area contributed by atoms with Gasteiger partial charge in [-0.15, -0.1) is 0 Å². The molecule has 4 nitrogen and oxygen atoms in total. The average Bonchev–Trinajstić information content (AvgIpc) is 3.21. The highest BCUT2D eigenvalue weighted by atomic mass is 19.1. The van der Waals surface area contributed by atoms with Gasteiger partial charge >= 0.3 is 0 Å². The quantitative estimate of drug-likeness (QED) is 0.922. The first-order valence-corrected chi connectivity index (χ1v) is 7.40. The van der Waals surface area contributed by atoms with E-state index in [-0.39, 0.29) is 36.0 Å². The average molecular weight is 290 g/mol. The lowest BCUT2D eigenvalue weighted by atomic mass is 10.0. The number of carbonyl (C=O) groups excluding carboxylic acids is 2. The maximum Gasteiger partial charge on any atom is 0.225 e. The second kappa shape index (κ2) is 5.47. The molecule has 112 valence electrons. The Kier molecular flexibility index (Phi) is 3.66. The summed E-state index contributed by atoms with van der Waals surface area (Å²) < 4.78 is 13.2. The summed E-state index contributed by atoms with van der Waals surface area (Å²) in [6, 6.07) is 6.29. The molecule has 0 unspecified atom stereocenters. The number of nitrogens with one attached hydrogen (secondary N) is 1. The minimum absolute atomic E-state index is 0.0797. The zero-order valence-corrected chi connectivity index (χ0v) is 12.0. The maximum atomic E-state index is 13.2. The number of carbonyl (C=O) groups is 2. The molecule has 1 aromatic carbocycles. The fourth-order valence-corrected chi connectivity index (χ4v) is 2.84. The van der Waals surface area contributed by atoms with Gasteiger partial charge in [-0.25, -0.2) is 4.39 Å². The summed E-state index contributed by atoms with van der Waals surface area (Å²) >= 11 is 0. The van der Waals surface area contributed by atoms with Crippen molar-refractivity contribution in [2.75, 3.05) is 6.54 Å². The molecule has 2 amide bonds. The fraction of sp³-hybridized carbons (Fsp3) is 0.500. The number of hydrogen-bond donors (Lipinski definition) is 1. The van der Waals surface area contributed by atoms with Gasteiger partial charge in [-0.2, -0.15) is 0 Å². The van der Waals surface area contributed by atoms with Crippen molar-refractivity contribution in [2.24, 2.45) is 5.92 Å². The molecule has 0 radical (unpaired) electrons. The third-order valence-corrected chi connectivity index (χ3v) is 4.22. The Bertz CT molecular complexity index is 571. The molecule has 2 aliphatic rings. The van der Waals surface area contributed by atoms with Gasteiger partial charge in [0.25, 0.3) is 0 Å². The third-order valence-electron chi connectivity index (χ3n) is 4.22. The van der Waals surface area contributed by atoms with Crippen LogP contribution in [0.25, 0.3) is 0 Å². The van der Waals surface area contributed by atoms with Crippen molar-refractivity contribution in [3.63, 3.8) is 0 Å².